The van der Waals surface area contributed by atoms with Crippen LogP contribution in [0.1, 0.15) is 23.1 Å². The van der Waals surface area contributed by atoms with Crippen molar-refractivity contribution in [3.8, 4) is 0 Å². The van der Waals surface area contributed by atoms with Gasteiger partial charge >= 0.3 is 6.03 Å². The molecule has 1 atom stereocenters. The molecule has 0 unspecified atom stereocenters. The van der Waals surface area contributed by atoms with Crippen LogP contribution in [0.2, 0.25) is 5.02 Å². The van der Waals surface area contributed by atoms with Crippen molar-refractivity contribution < 1.29 is 4.79 Å². The molecule has 3 heterocycles. The SMILES string of the molecule is O=C(Nc1ccc2cc1CCc1cccc(c1)Nc1ncc(Cl)c(n1)N2)N[C@H]1CCN(Cc2ccccc2)C1. The van der Waals surface area contributed by atoms with Gasteiger partial charge in [-0.05, 0) is 66.3 Å². The van der Waals surface area contributed by atoms with Crippen LogP contribution in [0.3, 0.4) is 0 Å². The van der Waals surface area contributed by atoms with Crippen molar-refractivity contribution >= 4 is 46.5 Å². The molecule has 0 saturated carbocycles. The molecule has 8 nitrogen and oxygen atoms in total. The summed E-state index contributed by atoms with van der Waals surface area (Å²) in [6, 6.07) is 24.4. The number of aromatic nitrogens is 2. The number of halogens is 1. The number of fused-ring (bicyclic) bond motifs is 6. The number of rotatable bonds is 4. The van der Waals surface area contributed by atoms with E-state index in [-0.39, 0.29) is 12.1 Å². The minimum absolute atomic E-state index is 0.115. The van der Waals surface area contributed by atoms with Crippen LogP contribution < -0.4 is 21.3 Å². The van der Waals surface area contributed by atoms with Gasteiger partial charge in [0.15, 0.2) is 5.82 Å². The van der Waals surface area contributed by atoms with Crippen molar-refractivity contribution in [3.05, 3.63) is 101 Å². The van der Waals surface area contributed by atoms with Crippen LogP contribution in [0.5, 0.6) is 0 Å². The Morgan fingerprint density at radius 1 is 1.00 bits per heavy atom. The molecule has 1 aromatic heterocycles. The van der Waals surface area contributed by atoms with E-state index in [4.69, 9.17) is 11.6 Å². The number of nitrogens with one attached hydrogen (secondary N) is 4. The quantitative estimate of drug-likeness (QED) is 0.250. The van der Waals surface area contributed by atoms with Crippen molar-refractivity contribution in [3.63, 3.8) is 0 Å². The molecule has 1 fully saturated rings. The molecule has 4 N–H and O–H groups in total. The minimum Gasteiger partial charge on any atom is -0.339 e. The molecule has 0 aliphatic carbocycles. The van der Waals surface area contributed by atoms with E-state index in [0.717, 1.165) is 61.5 Å². The van der Waals surface area contributed by atoms with Gasteiger partial charge in [-0.15, -0.1) is 0 Å². The molecule has 0 radical (unpaired) electrons. The zero-order valence-electron chi connectivity index (χ0n) is 21.5. The Morgan fingerprint density at radius 3 is 2.77 bits per heavy atom. The third-order valence-corrected chi connectivity index (χ3v) is 7.36. The summed E-state index contributed by atoms with van der Waals surface area (Å²) in [5, 5.41) is 13.3. The van der Waals surface area contributed by atoms with Gasteiger partial charge < -0.3 is 21.3 Å². The first kappa shape index (κ1) is 25.2. The predicted molar refractivity (Wildman–Crippen MR) is 156 cm³/mol. The lowest BCUT2D eigenvalue weighted by molar-refractivity contribution is 0.247. The Balaban J connectivity index is 1.17. The lowest BCUT2D eigenvalue weighted by atomic mass is 10.0. The number of benzene rings is 3. The monoisotopic (exact) mass is 539 g/mol. The first-order valence-electron chi connectivity index (χ1n) is 13.2. The fourth-order valence-electron chi connectivity index (χ4n) is 5.14. The minimum atomic E-state index is -0.184. The third-order valence-electron chi connectivity index (χ3n) is 7.08. The lowest BCUT2D eigenvalue weighted by Crippen LogP contribution is -2.39. The average molecular weight is 540 g/mol. The van der Waals surface area contributed by atoms with Gasteiger partial charge in [-0.3, -0.25) is 4.90 Å². The zero-order valence-corrected chi connectivity index (χ0v) is 22.2. The second-order valence-corrected chi connectivity index (χ2v) is 10.4. The third kappa shape index (κ3) is 6.30. The van der Waals surface area contributed by atoms with E-state index in [0.29, 0.717) is 16.8 Å². The number of urea groups is 1. The number of likely N-dealkylation sites (tertiary alicyclic amines) is 1. The molecular formula is C30H30ClN7O. The molecular weight excluding hydrogens is 510 g/mol. The van der Waals surface area contributed by atoms with E-state index in [2.05, 4.69) is 72.5 Å². The van der Waals surface area contributed by atoms with E-state index in [1.807, 2.05) is 36.4 Å². The lowest BCUT2D eigenvalue weighted by Gasteiger charge is -2.18. The molecule has 3 aromatic carbocycles. The van der Waals surface area contributed by atoms with Crippen LogP contribution in [0, 0.1) is 0 Å². The van der Waals surface area contributed by atoms with Gasteiger partial charge in [0.1, 0.15) is 5.02 Å². The number of aryl methyl sites for hydroxylation is 2. The number of carbonyl (C=O) groups is 1. The summed E-state index contributed by atoms with van der Waals surface area (Å²) in [7, 11) is 0. The molecule has 39 heavy (non-hydrogen) atoms. The number of nitrogens with zero attached hydrogens (tertiary/aromatic N) is 3. The van der Waals surface area contributed by atoms with E-state index in [1.54, 1.807) is 6.20 Å². The van der Waals surface area contributed by atoms with Gasteiger partial charge in [0.2, 0.25) is 5.95 Å². The fourth-order valence-corrected chi connectivity index (χ4v) is 5.28. The van der Waals surface area contributed by atoms with Gasteiger partial charge in [0, 0.05) is 42.7 Å². The van der Waals surface area contributed by atoms with Gasteiger partial charge in [-0.25, -0.2) is 9.78 Å². The topological polar surface area (TPSA) is 94.2 Å². The van der Waals surface area contributed by atoms with Crippen LogP contribution >= 0.6 is 11.6 Å². The van der Waals surface area contributed by atoms with Crippen LogP contribution in [0.25, 0.3) is 0 Å². The first-order chi connectivity index (χ1) is 19.1. The van der Waals surface area contributed by atoms with E-state index < -0.39 is 0 Å². The zero-order chi connectivity index (χ0) is 26.6. The van der Waals surface area contributed by atoms with Gasteiger partial charge in [0.25, 0.3) is 0 Å². The molecule has 2 amide bonds. The van der Waals surface area contributed by atoms with E-state index in [1.165, 1.54) is 11.1 Å². The Bertz CT molecular complexity index is 1480. The highest BCUT2D eigenvalue weighted by molar-refractivity contribution is 6.32. The highest BCUT2D eigenvalue weighted by atomic mass is 35.5. The van der Waals surface area contributed by atoms with Crippen molar-refractivity contribution in [2.75, 3.05) is 29.0 Å². The number of hydrogen-bond acceptors (Lipinski definition) is 6. The highest BCUT2D eigenvalue weighted by Gasteiger charge is 2.24. The van der Waals surface area contributed by atoms with Gasteiger partial charge in [-0.2, -0.15) is 4.98 Å². The summed E-state index contributed by atoms with van der Waals surface area (Å²) in [6.07, 6.45) is 4.07. The fraction of sp³-hybridized carbons (Fsp3) is 0.233. The Kier molecular flexibility index (Phi) is 7.29. The molecule has 9 heteroatoms. The molecule has 2 aliphatic heterocycles. The molecule has 6 bridgehead atoms. The summed E-state index contributed by atoms with van der Waals surface area (Å²) in [5.41, 5.74) is 6.01. The Labute approximate surface area is 232 Å². The van der Waals surface area contributed by atoms with Gasteiger partial charge in [-0.1, -0.05) is 54.1 Å². The summed E-state index contributed by atoms with van der Waals surface area (Å²) < 4.78 is 0. The van der Waals surface area contributed by atoms with Crippen molar-refractivity contribution in [2.45, 2.75) is 31.8 Å². The maximum absolute atomic E-state index is 13.0. The molecule has 6 rings (SSSR count). The van der Waals surface area contributed by atoms with E-state index >= 15 is 0 Å². The highest BCUT2D eigenvalue weighted by Crippen LogP contribution is 2.29. The Morgan fingerprint density at radius 2 is 1.87 bits per heavy atom. The molecule has 198 valence electrons. The first-order valence-corrected chi connectivity index (χ1v) is 13.6. The summed E-state index contributed by atoms with van der Waals surface area (Å²) in [6.45, 7) is 2.70. The van der Waals surface area contributed by atoms with Crippen molar-refractivity contribution in [1.29, 1.82) is 0 Å². The molecule has 2 aliphatic rings. The Hall–Kier alpha value is -4.14. The second-order valence-electron chi connectivity index (χ2n) is 10.0. The maximum atomic E-state index is 13.0. The molecule has 4 aromatic rings. The van der Waals surface area contributed by atoms with Crippen LogP contribution in [-0.4, -0.2) is 40.0 Å². The van der Waals surface area contributed by atoms with Crippen LogP contribution in [0.15, 0.2) is 79.0 Å². The summed E-state index contributed by atoms with van der Waals surface area (Å²) in [5.74, 6) is 0.970. The van der Waals surface area contributed by atoms with Crippen molar-refractivity contribution in [2.24, 2.45) is 0 Å². The number of amides is 2. The van der Waals surface area contributed by atoms with Gasteiger partial charge in [0.05, 0.1) is 6.20 Å². The maximum Gasteiger partial charge on any atom is 0.319 e. The van der Waals surface area contributed by atoms with Crippen molar-refractivity contribution in [1.82, 2.24) is 20.2 Å². The second kappa shape index (κ2) is 11.3. The van der Waals surface area contributed by atoms with Crippen LogP contribution in [-0.2, 0) is 19.4 Å². The normalized spacial score (nSPS) is 16.6. The van der Waals surface area contributed by atoms with E-state index in [9.17, 15) is 4.79 Å². The van der Waals surface area contributed by atoms with Crippen LogP contribution in [0.4, 0.5) is 33.6 Å². The molecule has 0 spiro atoms. The predicted octanol–water partition coefficient (Wildman–Crippen LogP) is 6.11. The number of carbonyl (C=O) groups excluding carboxylic acids is 1. The number of anilines is 5. The summed E-state index contributed by atoms with van der Waals surface area (Å²) in [4.78, 5) is 24.3. The average Bonchev–Trinajstić information content (AvgIpc) is 3.37. The largest absolute Gasteiger partial charge is 0.339 e. The summed E-state index contributed by atoms with van der Waals surface area (Å²) >= 11 is 6.39. The number of hydrogen-bond donors (Lipinski definition) is 4. The molecule has 1 saturated heterocycles. The smallest absolute Gasteiger partial charge is 0.319 e. The standard InChI is InChI=1S/C30H30ClN7O/c31-26-17-32-29-34-23-8-4-7-20(15-23)9-10-22-16-24(33-28(26)37-29)11-12-27(22)36-30(39)35-25-13-14-38(19-25)18-21-5-2-1-3-6-21/h1-8,11-12,15-17,25H,9-10,13-14,18-19H2,(H2,35,36,39)(H2,32,33,34,37)/t25-/m0/s1.